The maximum atomic E-state index is 13.0. The van der Waals surface area contributed by atoms with E-state index in [0.717, 1.165) is 64.8 Å². The number of nitrogens with two attached hydrogens (primary N) is 1. The average Bonchev–Trinajstić information content (AvgIpc) is 3.64. The standard InChI is InChI=1S/C34H30N6O3/c35-33(42)32-20-23-3-1-2-4-30(23)39(32)27-10-12-28(13-11-27)40-31-14-7-25(19-24(31)21-36-40)37-34(43)22-5-8-26(9-6-22)38-17-15-29(41)16-18-38/h1-14,19-21,29,41H,15-18H2,(H2,35,42)(H,37,43). The van der Waals surface area contributed by atoms with E-state index >= 15 is 0 Å². The van der Waals surface area contributed by atoms with Crippen molar-refractivity contribution in [3.05, 3.63) is 115 Å². The number of primary amides is 1. The zero-order valence-electron chi connectivity index (χ0n) is 23.4. The Bertz CT molecular complexity index is 1970. The molecule has 214 valence electrons. The molecule has 3 heterocycles. The first-order chi connectivity index (χ1) is 20.9. The van der Waals surface area contributed by atoms with Crippen LogP contribution in [0.2, 0.25) is 0 Å². The minimum Gasteiger partial charge on any atom is -0.393 e. The molecule has 0 aliphatic carbocycles. The van der Waals surface area contributed by atoms with Crippen molar-refractivity contribution in [2.75, 3.05) is 23.3 Å². The van der Waals surface area contributed by atoms with Crippen molar-refractivity contribution >= 4 is 45.0 Å². The summed E-state index contributed by atoms with van der Waals surface area (Å²) in [7, 11) is 0. The Morgan fingerprint density at radius 2 is 1.49 bits per heavy atom. The van der Waals surface area contributed by atoms with Crippen LogP contribution in [0, 0.1) is 0 Å². The number of hydrogen-bond acceptors (Lipinski definition) is 5. The number of benzene rings is 4. The highest BCUT2D eigenvalue weighted by Crippen LogP contribution is 2.27. The summed E-state index contributed by atoms with van der Waals surface area (Å²) in [4.78, 5) is 27.4. The Morgan fingerprint density at radius 1 is 0.791 bits per heavy atom. The highest BCUT2D eigenvalue weighted by Gasteiger charge is 2.18. The summed E-state index contributed by atoms with van der Waals surface area (Å²) in [6.45, 7) is 1.62. The van der Waals surface area contributed by atoms with Gasteiger partial charge in [-0.05, 0) is 91.7 Å². The molecule has 1 saturated heterocycles. The van der Waals surface area contributed by atoms with E-state index in [1.54, 1.807) is 12.3 Å². The van der Waals surface area contributed by atoms with Crippen molar-refractivity contribution in [3.8, 4) is 11.4 Å². The maximum Gasteiger partial charge on any atom is 0.265 e. The van der Waals surface area contributed by atoms with Gasteiger partial charge in [-0.25, -0.2) is 4.68 Å². The highest BCUT2D eigenvalue weighted by atomic mass is 16.3. The van der Waals surface area contributed by atoms with E-state index in [4.69, 9.17) is 5.73 Å². The van der Waals surface area contributed by atoms with Crippen LogP contribution in [0.4, 0.5) is 11.4 Å². The molecule has 0 saturated carbocycles. The third-order valence-corrected chi connectivity index (χ3v) is 8.10. The Labute approximate surface area is 247 Å². The van der Waals surface area contributed by atoms with Crippen LogP contribution in [0.25, 0.3) is 33.2 Å². The van der Waals surface area contributed by atoms with Crippen molar-refractivity contribution in [1.29, 1.82) is 0 Å². The predicted octanol–water partition coefficient (Wildman–Crippen LogP) is 5.28. The van der Waals surface area contributed by atoms with Gasteiger partial charge in [0.25, 0.3) is 11.8 Å². The van der Waals surface area contributed by atoms with Crippen LogP contribution in [0.5, 0.6) is 0 Å². The molecule has 0 unspecified atom stereocenters. The van der Waals surface area contributed by atoms with Gasteiger partial charge in [-0.3, -0.25) is 9.59 Å². The summed E-state index contributed by atoms with van der Waals surface area (Å²) >= 11 is 0. The normalized spacial score (nSPS) is 13.9. The fourth-order valence-electron chi connectivity index (χ4n) is 5.82. The summed E-state index contributed by atoms with van der Waals surface area (Å²) in [6.07, 6.45) is 3.07. The number of aliphatic hydroxyl groups excluding tert-OH is 1. The lowest BCUT2D eigenvalue weighted by atomic mass is 10.1. The van der Waals surface area contributed by atoms with Crippen LogP contribution in [-0.4, -0.2) is 50.5 Å². The maximum absolute atomic E-state index is 13.0. The number of para-hydroxylation sites is 1. The Kier molecular flexibility index (Phi) is 6.64. The van der Waals surface area contributed by atoms with Gasteiger partial charge in [0.2, 0.25) is 0 Å². The molecule has 6 aromatic rings. The van der Waals surface area contributed by atoms with Crippen LogP contribution < -0.4 is 16.0 Å². The molecular formula is C34H30N6O3. The first-order valence-electron chi connectivity index (χ1n) is 14.3. The number of nitrogens with one attached hydrogen (secondary N) is 1. The van der Waals surface area contributed by atoms with Crippen molar-refractivity contribution in [2.24, 2.45) is 5.73 Å². The van der Waals surface area contributed by atoms with Crippen molar-refractivity contribution < 1.29 is 14.7 Å². The van der Waals surface area contributed by atoms with Gasteiger partial charge in [0.15, 0.2) is 0 Å². The SMILES string of the molecule is NC(=O)c1cc2ccccc2n1-c1ccc(-n2ncc3cc(NC(=O)c4ccc(N5CCC(O)CC5)cc4)ccc32)cc1. The van der Waals surface area contributed by atoms with Gasteiger partial charge in [-0.1, -0.05) is 18.2 Å². The largest absolute Gasteiger partial charge is 0.393 e. The molecule has 0 spiro atoms. The number of rotatable bonds is 6. The lowest BCUT2D eigenvalue weighted by Crippen LogP contribution is -2.35. The molecule has 0 bridgehead atoms. The molecule has 1 fully saturated rings. The first-order valence-corrected chi connectivity index (χ1v) is 14.3. The Hall–Kier alpha value is -5.41. The second-order valence-electron chi connectivity index (χ2n) is 10.9. The number of anilines is 2. The first kappa shape index (κ1) is 26.5. The molecule has 2 aromatic heterocycles. The molecule has 1 aliphatic rings. The molecule has 7 rings (SSSR count). The van der Waals surface area contributed by atoms with E-state index in [0.29, 0.717) is 16.9 Å². The van der Waals surface area contributed by atoms with Crippen LogP contribution in [0.1, 0.15) is 33.7 Å². The van der Waals surface area contributed by atoms with Gasteiger partial charge in [-0.15, -0.1) is 0 Å². The quantitative estimate of drug-likeness (QED) is 0.252. The predicted molar refractivity (Wildman–Crippen MR) is 168 cm³/mol. The van der Waals surface area contributed by atoms with E-state index in [9.17, 15) is 14.7 Å². The van der Waals surface area contributed by atoms with Crippen molar-refractivity contribution in [3.63, 3.8) is 0 Å². The van der Waals surface area contributed by atoms with Crippen LogP contribution >= 0.6 is 0 Å². The summed E-state index contributed by atoms with van der Waals surface area (Å²) < 4.78 is 3.70. The molecular weight excluding hydrogens is 540 g/mol. The second-order valence-corrected chi connectivity index (χ2v) is 10.9. The highest BCUT2D eigenvalue weighted by molar-refractivity contribution is 6.05. The van der Waals surface area contributed by atoms with Gasteiger partial charge < -0.3 is 25.6 Å². The molecule has 2 amide bonds. The van der Waals surface area contributed by atoms with E-state index in [1.165, 1.54) is 0 Å². The van der Waals surface area contributed by atoms with Crippen molar-refractivity contribution in [1.82, 2.24) is 14.3 Å². The van der Waals surface area contributed by atoms with Gasteiger partial charge in [0.05, 0.1) is 29.0 Å². The van der Waals surface area contributed by atoms with Gasteiger partial charge in [0.1, 0.15) is 5.69 Å². The molecule has 0 radical (unpaired) electrons. The minimum absolute atomic E-state index is 0.184. The molecule has 4 N–H and O–H groups in total. The van der Waals surface area contributed by atoms with Gasteiger partial charge in [-0.2, -0.15) is 5.10 Å². The lowest BCUT2D eigenvalue weighted by molar-refractivity contribution is 0.0992. The second kappa shape index (κ2) is 10.8. The topological polar surface area (TPSA) is 118 Å². The molecule has 9 nitrogen and oxygen atoms in total. The molecule has 1 aliphatic heterocycles. The molecule has 4 aromatic carbocycles. The summed E-state index contributed by atoms with van der Waals surface area (Å²) in [5, 5.41) is 19.2. The number of fused-ring (bicyclic) bond motifs is 2. The molecule has 0 atom stereocenters. The van der Waals surface area contributed by atoms with Crippen LogP contribution in [-0.2, 0) is 0 Å². The third-order valence-electron chi connectivity index (χ3n) is 8.10. The van der Waals surface area contributed by atoms with Crippen LogP contribution in [0.15, 0.2) is 103 Å². The van der Waals surface area contributed by atoms with Gasteiger partial charge >= 0.3 is 0 Å². The zero-order chi connectivity index (χ0) is 29.5. The summed E-state index contributed by atoms with van der Waals surface area (Å²) in [6, 6.07) is 30.7. The third kappa shape index (κ3) is 5.00. The lowest BCUT2D eigenvalue weighted by Gasteiger charge is -2.31. The average molecular weight is 571 g/mol. The smallest absolute Gasteiger partial charge is 0.265 e. The number of nitrogens with zero attached hydrogens (tertiary/aromatic N) is 4. The molecule has 43 heavy (non-hydrogen) atoms. The monoisotopic (exact) mass is 570 g/mol. The van der Waals surface area contributed by atoms with E-state index < -0.39 is 5.91 Å². The fraction of sp³-hybridized carbons (Fsp3) is 0.147. The minimum atomic E-state index is -0.489. The number of carbonyl (C=O) groups excluding carboxylic acids is 2. The van der Waals surface area contributed by atoms with E-state index in [2.05, 4.69) is 15.3 Å². The fourth-order valence-corrected chi connectivity index (χ4v) is 5.82. The molecule has 9 heteroatoms. The summed E-state index contributed by atoms with van der Waals surface area (Å²) in [5.41, 5.74) is 11.9. The summed E-state index contributed by atoms with van der Waals surface area (Å²) in [5.74, 6) is -0.673. The van der Waals surface area contributed by atoms with Gasteiger partial charge in [0, 0.05) is 46.5 Å². The number of hydrogen-bond donors (Lipinski definition) is 3. The number of aliphatic hydroxyl groups is 1. The number of aromatic nitrogens is 3. The zero-order valence-corrected chi connectivity index (χ0v) is 23.4. The van der Waals surface area contributed by atoms with Crippen molar-refractivity contribution in [2.45, 2.75) is 18.9 Å². The number of carbonyl (C=O) groups is 2. The number of amides is 2. The van der Waals surface area contributed by atoms with E-state index in [-0.39, 0.29) is 12.0 Å². The van der Waals surface area contributed by atoms with Crippen LogP contribution in [0.3, 0.4) is 0 Å². The number of piperidine rings is 1. The van der Waals surface area contributed by atoms with E-state index in [1.807, 2.05) is 100 Å². The Morgan fingerprint density at radius 3 is 2.23 bits per heavy atom. The Balaban J connectivity index is 1.09.